The molecule has 0 aliphatic carbocycles. The third kappa shape index (κ3) is 2.57. The van der Waals surface area contributed by atoms with Gasteiger partial charge in [-0.2, -0.15) is 4.98 Å². The van der Waals surface area contributed by atoms with Crippen LogP contribution in [0.2, 0.25) is 5.02 Å². The van der Waals surface area contributed by atoms with Gasteiger partial charge in [-0.3, -0.25) is 19.4 Å². The van der Waals surface area contributed by atoms with Gasteiger partial charge in [0.25, 0.3) is 0 Å². The average molecular weight is 285 g/mol. The van der Waals surface area contributed by atoms with Crippen LogP contribution in [0.3, 0.4) is 0 Å². The summed E-state index contributed by atoms with van der Waals surface area (Å²) in [7, 11) is 1.59. The van der Waals surface area contributed by atoms with E-state index in [-0.39, 0.29) is 0 Å². The van der Waals surface area contributed by atoms with Gasteiger partial charge in [-0.05, 0) is 30.0 Å². The van der Waals surface area contributed by atoms with Crippen molar-refractivity contribution < 1.29 is 0 Å². The lowest BCUT2D eigenvalue weighted by Gasteiger charge is -2.07. The van der Waals surface area contributed by atoms with E-state index in [1.54, 1.807) is 25.2 Å². The molecule has 3 N–H and O–H groups in total. The molecule has 0 atom stereocenters. The number of aromatic amines is 1. The number of nitrogens with zero attached hydrogens (tertiary/aromatic N) is 2. The minimum absolute atomic E-state index is 0.341. The topological polar surface area (TPSA) is 93.8 Å². The van der Waals surface area contributed by atoms with Crippen LogP contribution in [-0.2, 0) is 7.05 Å². The van der Waals surface area contributed by atoms with Crippen molar-refractivity contribution >= 4 is 29.1 Å². The summed E-state index contributed by atoms with van der Waals surface area (Å²) in [5.41, 5.74) is 4.69. The Morgan fingerprint density at radius 3 is 2.83 bits per heavy atom. The highest BCUT2D eigenvalue weighted by Gasteiger charge is 2.08. The second-order valence-corrected chi connectivity index (χ2v) is 4.93. The van der Waals surface area contributed by atoms with Crippen molar-refractivity contribution in [1.82, 2.24) is 14.8 Å². The third-order valence-electron chi connectivity index (χ3n) is 2.12. The molecule has 0 unspecified atom stereocenters. The molecule has 0 saturated heterocycles. The van der Waals surface area contributed by atoms with E-state index in [2.05, 4.69) is 10.1 Å². The quantitative estimate of drug-likeness (QED) is 0.630. The second-order valence-electron chi connectivity index (χ2n) is 3.48. The molecular formula is C10H9ClN4O2S. The van der Waals surface area contributed by atoms with Gasteiger partial charge < -0.3 is 5.73 Å². The predicted molar refractivity (Wildman–Crippen MR) is 70.1 cm³/mol. The van der Waals surface area contributed by atoms with Crippen LogP contribution in [0.25, 0.3) is 0 Å². The molecule has 6 nitrogen and oxygen atoms in total. The third-order valence-corrected chi connectivity index (χ3v) is 3.50. The van der Waals surface area contributed by atoms with Crippen molar-refractivity contribution in [2.24, 2.45) is 7.05 Å². The molecule has 0 bridgehead atoms. The van der Waals surface area contributed by atoms with Crippen molar-refractivity contribution in [2.75, 3.05) is 5.73 Å². The first-order valence-electron chi connectivity index (χ1n) is 4.87. The van der Waals surface area contributed by atoms with Gasteiger partial charge in [0.15, 0.2) is 5.16 Å². The van der Waals surface area contributed by atoms with E-state index in [0.29, 0.717) is 20.8 Å². The van der Waals surface area contributed by atoms with Gasteiger partial charge in [0.2, 0.25) is 0 Å². The highest BCUT2D eigenvalue weighted by atomic mass is 35.5. The van der Waals surface area contributed by atoms with E-state index >= 15 is 0 Å². The highest BCUT2D eigenvalue weighted by molar-refractivity contribution is 7.99. The summed E-state index contributed by atoms with van der Waals surface area (Å²) >= 11 is 6.96. The molecule has 0 spiro atoms. The maximum absolute atomic E-state index is 11.2. The number of aromatic nitrogens is 3. The number of nitrogens with two attached hydrogens (primary N) is 1. The van der Waals surface area contributed by atoms with Gasteiger partial charge in [-0.15, -0.1) is 0 Å². The van der Waals surface area contributed by atoms with Crippen LogP contribution in [0.5, 0.6) is 0 Å². The second kappa shape index (κ2) is 4.87. The molecule has 94 valence electrons. The number of nitrogens with one attached hydrogen (secondary N) is 1. The average Bonchev–Trinajstić information content (AvgIpc) is 2.29. The number of anilines is 1. The van der Waals surface area contributed by atoms with Crippen molar-refractivity contribution in [1.29, 1.82) is 0 Å². The molecule has 0 radical (unpaired) electrons. The molecule has 0 saturated carbocycles. The zero-order chi connectivity index (χ0) is 13.3. The molecule has 0 amide bonds. The standard InChI is InChI=1S/C10H9ClN4O2S/c1-15-10(13-8(16)9(17)14-15)18-7-3-2-5(11)4-6(7)12/h2-4H,12H2,1H3,(H,14,17). The molecule has 1 aromatic heterocycles. The van der Waals surface area contributed by atoms with Crippen molar-refractivity contribution in [3.8, 4) is 0 Å². The summed E-state index contributed by atoms with van der Waals surface area (Å²) in [6.07, 6.45) is 0. The Labute approximate surface area is 111 Å². The number of H-pyrrole nitrogens is 1. The van der Waals surface area contributed by atoms with E-state index in [1.165, 1.54) is 16.4 Å². The zero-order valence-electron chi connectivity index (χ0n) is 9.31. The number of hydrogen-bond donors (Lipinski definition) is 2. The molecule has 18 heavy (non-hydrogen) atoms. The van der Waals surface area contributed by atoms with Gasteiger partial charge in [0, 0.05) is 22.7 Å². The first kappa shape index (κ1) is 12.7. The van der Waals surface area contributed by atoms with Gasteiger partial charge in [-0.1, -0.05) is 11.6 Å². The van der Waals surface area contributed by atoms with Gasteiger partial charge in [-0.25, -0.2) is 0 Å². The first-order chi connectivity index (χ1) is 8.47. The number of nitrogen functional groups attached to an aromatic ring is 1. The minimum Gasteiger partial charge on any atom is -0.398 e. The molecule has 1 heterocycles. The van der Waals surface area contributed by atoms with E-state index in [4.69, 9.17) is 17.3 Å². The summed E-state index contributed by atoms with van der Waals surface area (Å²) in [4.78, 5) is 26.6. The monoisotopic (exact) mass is 284 g/mol. The SMILES string of the molecule is Cn1[nH]c(=O)c(=O)nc1Sc1ccc(Cl)cc1N. The van der Waals surface area contributed by atoms with Crippen LogP contribution in [0.1, 0.15) is 0 Å². The van der Waals surface area contributed by atoms with Gasteiger partial charge in [0.05, 0.1) is 0 Å². The molecule has 1 aromatic carbocycles. The number of hydrogen-bond acceptors (Lipinski definition) is 5. The summed E-state index contributed by atoms with van der Waals surface area (Å²) in [6.45, 7) is 0. The lowest BCUT2D eigenvalue weighted by Crippen LogP contribution is -2.33. The highest BCUT2D eigenvalue weighted by Crippen LogP contribution is 2.31. The van der Waals surface area contributed by atoms with Crippen molar-refractivity contribution in [2.45, 2.75) is 10.1 Å². The summed E-state index contributed by atoms with van der Waals surface area (Å²) in [5, 5.41) is 3.23. The molecule has 0 aliphatic heterocycles. The zero-order valence-corrected chi connectivity index (χ0v) is 10.9. The van der Waals surface area contributed by atoms with Crippen molar-refractivity contribution in [3.05, 3.63) is 43.9 Å². The molecule has 2 rings (SSSR count). The Bertz CT molecular complexity index is 710. The van der Waals surface area contributed by atoms with E-state index < -0.39 is 11.1 Å². The molecule has 0 fully saturated rings. The number of rotatable bonds is 2. The summed E-state index contributed by atoms with van der Waals surface area (Å²) in [6, 6.07) is 5.01. The maximum Gasteiger partial charge on any atom is 0.339 e. The Hall–Kier alpha value is -1.73. The number of halogens is 1. The Morgan fingerprint density at radius 2 is 2.17 bits per heavy atom. The van der Waals surface area contributed by atoms with Crippen LogP contribution < -0.4 is 16.9 Å². The van der Waals surface area contributed by atoms with Crippen LogP contribution in [0.4, 0.5) is 5.69 Å². The minimum atomic E-state index is -0.830. The van der Waals surface area contributed by atoms with Crippen LogP contribution in [0, 0.1) is 0 Å². The van der Waals surface area contributed by atoms with Crippen LogP contribution in [-0.4, -0.2) is 14.8 Å². The Morgan fingerprint density at radius 1 is 1.44 bits per heavy atom. The summed E-state index contributed by atoms with van der Waals surface area (Å²) < 4.78 is 1.36. The fourth-order valence-corrected chi connectivity index (χ4v) is 2.26. The smallest absolute Gasteiger partial charge is 0.339 e. The molecule has 8 heteroatoms. The maximum atomic E-state index is 11.2. The van der Waals surface area contributed by atoms with Crippen LogP contribution in [0.15, 0.2) is 37.8 Å². The van der Waals surface area contributed by atoms with E-state index in [1.807, 2.05) is 0 Å². The predicted octanol–water partition coefficient (Wildman–Crippen LogP) is 0.855. The molecule has 2 aromatic rings. The number of benzene rings is 1. The molecular weight excluding hydrogens is 276 g/mol. The first-order valence-corrected chi connectivity index (χ1v) is 6.07. The van der Waals surface area contributed by atoms with Crippen molar-refractivity contribution in [3.63, 3.8) is 0 Å². The van der Waals surface area contributed by atoms with Gasteiger partial charge >= 0.3 is 11.1 Å². The lowest BCUT2D eigenvalue weighted by atomic mass is 10.3. The largest absolute Gasteiger partial charge is 0.398 e. The van der Waals surface area contributed by atoms with Crippen LogP contribution >= 0.6 is 23.4 Å². The molecule has 0 aliphatic rings. The van der Waals surface area contributed by atoms with E-state index in [0.717, 1.165) is 0 Å². The Kier molecular flexibility index (Phi) is 3.44. The fourth-order valence-electron chi connectivity index (χ4n) is 1.26. The number of aryl methyl sites for hydroxylation is 1. The van der Waals surface area contributed by atoms with Gasteiger partial charge in [0.1, 0.15) is 0 Å². The Balaban J connectivity index is 2.43. The fraction of sp³-hybridized carbons (Fsp3) is 0.100. The normalized spacial score (nSPS) is 10.6. The summed E-state index contributed by atoms with van der Waals surface area (Å²) in [5.74, 6) is 0. The lowest BCUT2D eigenvalue weighted by molar-refractivity contribution is 0.596. The van der Waals surface area contributed by atoms with E-state index in [9.17, 15) is 9.59 Å².